The van der Waals surface area contributed by atoms with Crippen LogP contribution in [0.3, 0.4) is 0 Å². The van der Waals surface area contributed by atoms with Crippen molar-refractivity contribution in [2.45, 2.75) is 23.5 Å². The van der Waals surface area contributed by atoms with E-state index < -0.39 is 0 Å². The van der Waals surface area contributed by atoms with Gasteiger partial charge in [0.25, 0.3) is 0 Å². The van der Waals surface area contributed by atoms with Crippen molar-refractivity contribution < 1.29 is 9.53 Å². The van der Waals surface area contributed by atoms with E-state index in [9.17, 15) is 4.79 Å². The van der Waals surface area contributed by atoms with Gasteiger partial charge in [-0.25, -0.2) is 4.79 Å². The summed E-state index contributed by atoms with van der Waals surface area (Å²) in [6.45, 7) is 6.87. The second-order valence-corrected chi connectivity index (χ2v) is 6.88. The molecule has 2 heterocycles. The zero-order valence-electron chi connectivity index (χ0n) is 12.5. The molecule has 0 aromatic heterocycles. The summed E-state index contributed by atoms with van der Waals surface area (Å²) in [5.74, 6) is 0. The van der Waals surface area contributed by atoms with Crippen LogP contribution in [0.15, 0.2) is 29.2 Å². The van der Waals surface area contributed by atoms with Crippen LogP contribution in [0.25, 0.3) is 0 Å². The van der Waals surface area contributed by atoms with Crippen molar-refractivity contribution in [2.75, 3.05) is 39.3 Å². The van der Waals surface area contributed by atoms with Gasteiger partial charge in [0.2, 0.25) is 0 Å². The van der Waals surface area contributed by atoms with E-state index in [-0.39, 0.29) is 6.09 Å². The number of hydrogen-bond acceptors (Lipinski definition) is 4. The fraction of sp³-hybridized carbons (Fsp3) is 0.562. The molecule has 1 aromatic carbocycles. The van der Waals surface area contributed by atoms with Gasteiger partial charge in [-0.15, -0.1) is 11.8 Å². The Labute approximate surface area is 130 Å². The number of carbonyl (C=O) groups is 1. The number of thioether (sulfide) groups is 1. The van der Waals surface area contributed by atoms with Crippen LogP contribution in [0.4, 0.5) is 4.79 Å². The predicted octanol–water partition coefficient (Wildman–Crippen LogP) is 2.48. The van der Waals surface area contributed by atoms with E-state index in [1.54, 1.807) is 0 Å². The summed E-state index contributed by atoms with van der Waals surface area (Å²) in [4.78, 5) is 17.4. The smallest absolute Gasteiger partial charge is 0.409 e. The molecule has 0 saturated carbocycles. The maximum atomic E-state index is 11.7. The van der Waals surface area contributed by atoms with Crippen LogP contribution in [0, 0.1) is 0 Å². The summed E-state index contributed by atoms with van der Waals surface area (Å²) in [7, 11) is 0. The maximum Gasteiger partial charge on any atom is 0.409 e. The van der Waals surface area contributed by atoms with Gasteiger partial charge in [-0.3, -0.25) is 4.90 Å². The van der Waals surface area contributed by atoms with Crippen LogP contribution in [0.1, 0.15) is 12.5 Å². The lowest BCUT2D eigenvalue weighted by Crippen LogP contribution is -2.50. The summed E-state index contributed by atoms with van der Waals surface area (Å²) in [6, 6.07) is 8.70. The number of benzene rings is 1. The topological polar surface area (TPSA) is 32.8 Å². The van der Waals surface area contributed by atoms with Gasteiger partial charge in [0.15, 0.2) is 0 Å². The molecule has 1 unspecified atom stereocenters. The van der Waals surface area contributed by atoms with Crippen LogP contribution in [-0.2, 0) is 11.2 Å². The lowest BCUT2D eigenvalue weighted by molar-refractivity contribution is 0.0798. The molecule has 1 aromatic rings. The second-order valence-electron chi connectivity index (χ2n) is 5.54. The normalized spacial score (nSPS) is 22.1. The number of fused-ring (bicyclic) bond motifs is 1. The average molecular weight is 306 g/mol. The monoisotopic (exact) mass is 306 g/mol. The minimum Gasteiger partial charge on any atom is -0.450 e. The summed E-state index contributed by atoms with van der Waals surface area (Å²) in [6.07, 6.45) is 0.999. The third-order valence-corrected chi connectivity index (χ3v) is 5.38. The number of ether oxygens (including phenoxy) is 1. The first-order chi connectivity index (χ1) is 10.3. The summed E-state index contributed by atoms with van der Waals surface area (Å²) in [5.41, 5.74) is 1.48. The van der Waals surface area contributed by atoms with Gasteiger partial charge in [0.05, 0.1) is 6.61 Å². The second kappa shape index (κ2) is 6.71. The van der Waals surface area contributed by atoms with Gasteiger partial charge in [-0.1, -0.05) is 18.2 Å². The van der Waals surface area contributed by atoms with Crippen LogP contribution in [0.2, 0.25) is 0 Å². The first-order valence-electron chi connectivity index (χ1n) is 7.65. The fourth-order valence-electron chi connectivity index (χ4n) is 2.97. The van der Waals surface area contributed by atoms with Gasteiger partial charge in [0.1, 0.15) is 0 Å². The number of rotatable bonds is 3. The molecule has 114 valence electrons. The highest BCUT2D eigenvalue weighted by atomic mass is 32.2. The molecule has 1 atom stereocenters. The number of hydrogen-bond donors (Lipinski definition) is 0. The number of nitrogens with zero attached hydrogens (tertiary/aromatic N) is 2. The molecule has 21 heavy (non-hydrogen) atoms. The quantitative estimate of drug-likeness (QED) is 0.859. The van der Waals surface area contributed by atoms with E-state index in [1.165, 1.54) is 16.9 Å². The third kappa shape index (κ3) is 3.52. The molecule has 1 fully saturated rings. The van der Waals surface area contributed by atoms with E-state index in [4.69, 9.17) is 4.74 Å². The molecule has 0 bridgehead atoms. The highest BCUT2D eigenvalue weighted by molar-refractivity contribution is 8.00. The van der Waals surface area contributed by atoms with E-state index >= 15 is 0 Å². The fourth-order valence-corrected chi connectivity index (χ4v) is 4.34. The maximum absolute atomic E-state index is 11.7. The Hall–Kier alpha value is -1.20. The Morgan fingerprint density at radius 1 is 1.29 bits per heavy atom. The Balaban J connectivity index is 1.46. The molecular formula is C16H22N2O2S. The number of piperazine rings is 1. The molecular weight excluding hydrogens is 284 g/mol. The van der Waals surface area contributed by atoms with Crippen molar-refractivity contribution in [3.05, 3.63) is 29.8 Å². The van der Waals surface area contributed by atoms with E-state index in [0.717, 1.165) is 32.7 Å². The minimum absolute atomic E-state index is 0.167. The SMILES string of the molecule is CCOC(=O)N1CCN(CC2Cc3ccccc3S2)CC1. The zero-order valence-corrected chi connectivity index (χ0v) is 13.3. The molecule has 5 heteroatoms. The molecule has 2 aliphatic heterocycles. The molecule has 1 saturated heterocycles. The van der Waals surface area contributed by atoms with E-state index in [0.29, 0.717) is 11.9 Å². The molecule has 0 spiro atoms. The minimum atomic E-state index is -0.167. The van der Waals surface area contributed by atoms with Gasteiger partial charge in [-0.05, 0) is 25.0 Å². The molecule has 0 radical (unpaired) electrons. The molecule has 4 nitrogen and oxygen atoms in total. The average Bonchev–Trinajstić information content (AvgIpc) is 2.90. The Kier molecular flexibility index (Phi) is 4.70. The van der Waals surface area contributed by atoms with E-state index in [2.05, 4.69) is 29.2 Å². The van der Waals surface area contributed by atoms with Crippen LogP contribution < -0.4 is 0 Å². The van der Waals surface area contributed by atoms with Gasteiger partial charge >= 0.3 is 6.09 Å². The number of amides is 1. The molecule has 0 aliphatic carbocycles. The van der Waals surface area contributed by atoms with Crippen molar-refractivity contribution in [3.8, 4) is 0 Å². The zero-order chi connectivity index (χ0) is 14.7. The largest absolute Gasteiger partial charge is 0.450 e. The summed E-state index contributed by atoms with van der Waals surface area (Å²) >= 11 is 2.00. The Morgan fingerprint density at radius 3 is 2.76 bits per heavy atom. The molecule has 0 N–H and O–H groups in total. The van der Waals surface area contributed by atoms with Crippen molar-refractivity contribution in [3.63, 3.8) is 0 Å². The lowest BCUT2D eigenvalue weighted by Gasteiger charge is -2.35. The first-order valence-corrected chi connectivity index (χ1v) is 8.53. The molecule has 3 rings (SSSR count). The van der Waals surface area contributed by atoms with Crippen LogP contribution in [-0.4, -0.2) is 60.5 Å². The van der Waals surface area contributed by atoms with Gasteiger partial charge in [0, 0.05) is 42.9 Å². The van der Waals surface area contributed by atoms with Crippen LogP contribution in [0.5, 0.6) is 0 Å². The Morgan fingerprint density at radius 2 is 2.05 bits per heavy atom. The summed E-state index contributed by atoms with van der Waals surface area (Å²) < 4.78 is 5.06. The van der Waals surface area contributed by atoms with Crippen molar-refractivity contribution in [1.29, 1.82) is 0 Å². The lowest BCUT2D eigenvalue weighted by atomic mass is 10.1. The molecule has 2 aliphatic rings. The van der Waals surface area contributed by atoms with Crippen molar-refractivity contribution in [1.82, 2.24) is 9.80 Å². The molecule has 1 amide bonds. The van der Waals surface area contributed by atoms with Crippen molar-refractivity contribution in [2.24, 2.45) is 0 Å². The summed E-state index contributed by atoms with van der Waals surface area (Å²) in [5, 5.41) is 0.650. The predicted molar refractivity (Wildman–Crippen MR) is 84.8 cm³/mol. The first kappa shape index (κ1) is 14.7. The highest BCUT2D eigenvalue weighted by Crippen LogP contribution is 2.37. The van der Waals surface area contributed by atoms with Gasteiger partial charge < -0.3 is 9.64 Å². The highest BCUT2D eigenvalue weighted by Gasteiger charge is 2.27. The van der Waals surface area contributed by atoms with Gasteiger partial charge in [-0.2, -0.15) is 0 Å². The number of carbonyl (C=O) groups excluding carboxylic acids is 1. The van der Waals surface area contributed by atoms with E-state index in [1.807, 2.05) is 23.6 Å². The standard InChI is InChI=1S/C16H22N2O2S/c1-2-20-16(19)18-9-7-17(8-10-18)12-14-11-13-5-3-4-6-15(13)21-14/h3-6,14H,2,7-12H2,1H3. The third-order valence-electron chi connectivity index (χ3n) is 4.07. The Bertz CT molecular complexity index is 476. The van der Waals surface area contributed by atoms with Crippen molar-refractivity contribution >= 4 is 17.9 Å². The van der Waals surface area contributed by atoms with Crippen LogP contribution >= 0.6 is 11.8 Å².